The predicted molar refractivity (Wildman–Crippen MR) is 66.0 cm³/mol. The topological polar surface area (TPSA) is 22.0 Å². The van der Waals surface area contributed by atoms with Gasteiger partial charge in [-0.25, -0.2) is 0 Å². The molecule has 1 aromatic heterocycles. The van der Waals surface area contributed by atoms with Gasteiger partial charge in [-0.15, -0.1) is 11.6 Å². The number of hydrogen-bond acceptors (Lipinski definition) is 1. The van der Waals surface area contributed by atoms with Gasteiger partial charge in [-0.1, -0.05) is 6.92 Å². The Hall–Kier alpha value is 0.200. The molecule has 0 radical (unpaired) electrons. The Bertz CT molecular complexity index is 378. The molecule has 1 aromatic rings. The van der Waals surface area contributed by atoms with Crippen LogP contribution in [0.25, 0.3) is 0 Å². The summed E-state index contributed by atoms with van der Waals surface area (Å²) in [4.78, 5) is 11.6. The first-order valence-corrected chi connectivity index (χ1v) is 6.28. The van der Waals surface area contributed by atoms with Crippen molar-refractivity contribution in [1.29, 1.82) is 0 Å². The fraction of sp³-hybridized carbons (Fsp3) is 0.444. The standard InChI is InChI=1S/C9H10Br2ClNO/c1-6(3-12)4-13-5-7(10)2-8(11)9(13)14/h2,5-6H,3-4H2,1H3. The number of halogens is 3. The van der Waals surface area contributed by atoms with E-state index in [0.29, 0.717) is 16.9 Å². The third kappa shape index (κ3) is 3.11. The van der Waals surface area contributed by atoms with E-state index in [4.69, 9.17) is 11.6 Å². The highest BCUT2D eigenvalue weighted by atomic mass is 79.9. The van der Waals surface area contributed by atoms with Gasteiger partial charge in [0, 0.05) is 23.1 Å². The van der Waals surface area contributed by atoms with E-state index in [2.05, 4.69) is 31.9 Å². The van der Waals surface area contributed by atoms with E-state index in [-0.39, 0.29) is 11.5 Å². The minimum absolute atomic E-state index is 0.0230. The van der Waals surface area contributed by atoms with Crippen molar-refractivity contribution in [2.45, 2.75) is 13.5 Å². The highest BCUT2D eigenvalue weighted by Crippen LogP contribution is 2.13. The lowest BCUT2D eigenvalue weighted by Crippen LogP contribution is -2.23. The van der Waals surface area contributed by atoms with E-state index in [1.807, 2.05) is 6.92 Å². The van der Waals surface area contributed by atoms with Crippen LogP contribution in [-0.4, -0.2) is 10.4 Å². The molecule has 0 amide bonds. The molecule has 78 valence electrons. The van der Waals surface area contributed by atoms with Gasteiger partial charge in [-0.05, 0) is 43.8 Å². The van der Waals surface area contributed by atoms with Gasteiger partial charge in [0.25, 0.3) is 5.56 Å². The van der Waals surface area contributed by atoms with Crippen LogP contribution in [0.2, 0.25) is 0 Å². The van der Waals surface area contributed by atoms with Gasteiger partial charge >= 0.3 is 0 Å². The van der Waals surface area contributed by atoms with Crippen molar-refractivity contribution in [3.63, 3.8) is 0 Å². The number of aromatic nitrogens is 1. The van der Waals surface area contributed by atoms with Gasteiger partial charge in [0.15, 0.2) is 0 Å². The summed E-state index contributed by atoms with van der Waals surface area (Å²) in [6.45, 7) is 2.65. The molecular weight excluding hydrogens is 333 g/mol. The molecule has 14 heavy (non-hydrogen) atoms. The zero-order chi connectivity index (χ0) is 10.7. The third-order valence-electron chi connectivity index (χ3n) is 1.78. The largest absolute Gasteiger partial charge is 0.313 e. The van der Waals surface area contributed by atoms with Gasteiger partial charge < -0.3 is 4.57 Å². The van der Waals surface area contributed by atoms with Crippen molar-refractivity contribution in [3.8, 4) is 0 Å². The number of hydrogen-bond donors (Lipinski definition) is 0. The molecule has 0 spiro atoms. The molecule has 0 bridgehead atoms. The molecule has 0 aliphatic rings. The van der Waals surface area contributed by atoms with Gasteiger partial charge in [0.1, 0.15) is 0 Å². The Morgan fingerprint density at radius 2 is 2.21 bits per heavy atom. The number of pyridine rings is 1. The highest BCUT2D eigenvalue weighted by Gasteiger charge is 2.06. The van der Waals surface area contributed by atoms with Crippen LogP contribution in [0.3, 0.4) is 0 Å². The van der Waals surface area contributed by atoms with E-state index < -0.39 is 0 Å². The maximum Gasteiger partial charge on any atom is 0.264 e. The summed E-state index contributed by atoms with van der Waals surface area (Å²) in [5.74, 6) is 0.840. The number of alkyl halides is 1. The average molecular weight is 343 g/mol. The van der Waals surface area contributed by atoms with Crippen molar-refractivity contribution in [2.75, 3.05) is 5.88 Å². The zero-order valence-electron chi connectivity index (χ0n) is 7.64. The molecule has 5 heteroatoms. The molecule has 1 heterocycles. The highest BCUT2D eigenvalue weighted by molar-refractivity contribution is 9.11. The van der Waals surface area contributed by atoms with Gasteiger partial charge in [-0.2, -0.15) is 0 Å². The Balaban J connectivity index is 3.02. The first kappa shape index (κ1) is 12.3. The van der Waals surface area contributed by atoms with E-state index in [1.165, 1.54) is 0 Å². The van der Waals surface area contributed by atoms with Crippen molar-refractivity contribution < 1.29 is 0 Å². The SMILES string of the molecule is CC(CCl)Cn1cc(Br)cc(Br)c1=O. The van der Waals surface area contributed by atoms with Gasteiger partial charge in [0.2, 0.25) is 0 Å². The maximum atomic E-state index is 11.6. The number of rotatable bonds is 3. The van der Waals surface area contributed by atoms with Crippen LogP contribution in [0.1, 0.15) is 6.92 Å². The van der Waals surface area contributed by atoms with Crippen LogP contribution in [0.15, 0.2) is 26.0 Å². The van der Waals surface area contributed by atoms with Crippen molar-refractivity contribution in [1.82, 2.24) is 4.57 Å². The Labute approximate surface area is 105 Å². The lowest BCUT2D eigenvalue weighted by atomic mass is 10.2. The minimum atomic E-state index is -0.0230. The first-order valence-electron chi connectivity index (χ1n) is 4.16. The van der Waals surface area contributed by atoms with Crippen molar-refractivity contribution in [2.24, 2.45) is 5.92 Å². The Morgan fingerprint density at radius 3 is 2.79 bits per heavy atom. The molecule has 1 rings (SSSR count). The summed E-state index contributed by atoms with van der Waals surface area (Å²) < 4.78 is 3.10. The summed E-state index contributed by atoms with van der Waals surface area (Å²) in [5, 5.41) is 0. The fourth-order valence-corrected chi connectivity index (χ4v) is 2.44. The molecule has 0 saturated carbocycles. The summed E-state index contributed by atoms with van der Waals surface area (Å²) in [5.41, 5.74) is -0.0230. The smallest absolute Gasteiger partial charge is 0.264 e. The molecule has 0 aromatic carbocycles. The second-order valence-corrected chi connectivity index (χ2v) is 5.30. The van der Waals surface area contributed by atoms with Crippen LogP contribution >= 0.6 is 43.5 Å². The normalized spacial score (nSPS) is 12.9. The molecule has 1 unspecified atom stereocenters. The molecule has 2 nitrogen and oxygen atoms in total. The van der Waals surface area contributed by atoms with Crippen LogP contribution in [0, 0.1) is 5.92 Å². The monoisotopic (exact) mass is 341 g/mol. The minimum Gasteiger partial charge on any atom is -0.313 e. The first-order chi connectivity index (χ1) is 6.54. The molecule has 0 N–H and O–H groups in total. The lowest BCUT2D eigenvalue weighted by molar-refractivity contribution is 0.514. The van der Waals surface area contributed by atoms with Crippen LogP contribution < -0.4 is 5.56 Å². The summed E-state index contributed by atoms with van der Waals surface area (Å²) in [7, 11) is 0. The fourth-order valence-electron chi connectivity index (χ4n) is 1.08. The molecule has 0 aliphatic carbocycles. The zero-order valence-corrected chi connectivity index (χ0v) is 11.6. The maximum absolute atomic E-state index is 11.6. The third-order valence-corrected chi connectivity index (χ3v) is 3.31. The van der Waals surface area contributed by atoms with E-state index in [9.17, 15) is 4.79 Å². The number of nitrogens with zero attached hydrogens (tertiary/aromatic N) is 1. The quantitative estimate of drug-likeness (QED) is 0.772. The van der Waals surface area contributed by atoms with E-state index in [1.54, 1.807) is 16.8 Å². The molecule has 0 aliphatic heterocycles. The average Bonchev–Trinajstić information content (AvgIpc) is 2.13. The second-order valence-electron chi connectivity index (χ2n) is 3.22. The molecule has 0 fully saturated rings. The molecular formula is C9H10Br2ClNO. The van der Waals surface area contributed by atoms with E-state index in [0.717, 1.165) is 4.47 Å². The van der Waals surface area contributed by atoms with Gasteiger partial charge in [0.05, 0.1) is 4.47 Å². The molecule has 0 saturated heterocycles. The molecule has 1 atom stereocenters. The summed E-state index contributed by atoms with van der Waals surface area (Å²) in [6.07, 6.45) is 1.77. The van der Waals surface area contributed by atoms with Crippen LogP contribution in [0.5, 0.6) is 0 Å². The lowest BCUT2D eigenvalue weighted by Gasteiger charge is -2.11. The van der Waals surface area contributed by atoms with Crippen molar-refractivity contribution in [3.05, 3.63) is 31.6 Å². The van der Waals surface area contributed by atoms with Crippen molar-refractivity contribution >= 4 is 43.5 Å². The van der Waals surface area contributed by atoms with Crippen LogP contribution in [0.4, 0.5) is 0 Å². The van der Waals surface area contributed by atoms with Gasteiger partial charge in [-0.3, -0.25) is 4.79 Å². The van der Waals surface area contributed by atoms with Crippen LogP contribution in [-0.2, 0) is 6.54 Å². The summed E-state index contributed by atoms with van der Waals surface area (Å²) in [6, 6.07) is 1.74. The summed E-state index contributed by atoms with van der Waals surface area (Å²) >= 11 is 12.2. The Morgan fingerprint density at radius 1 is 1.57 bits per heavy atom. The predicted octanol–water partition coefficient (Wildman–Crippen LogP) is 3.25. The second kappa shape index (κ2) is 5.33. The van der Waals surface area contributed by atoms with E-state index >= 15 is 0 Å². The Kier molecular flexibility index (Phi) is 4.67.